The summed E-state index contributed by atoms with van der Waals surface area (Å²) in [4.78, 5) is -0.0466. The molecular formula is C13H12ClNO3S. The molecule has 0 atom stereocenters. The van der Waals surface area contributed by atoms with E-state index >= 15 is 0 Å². The summed E-state index contributed by atoms with van der Waals surface area (Å²) >= 11 is 5.99. The van der Waals surface area contributed by atoms with E-state index < -0.39 is 10.0 Å². The van der Waals surface area contributed by atoms with Crippen LogP contribution in [0.25, 0.3) is 0 Å². The molecule has 100 valence electrons. The fraction of sp³-hybridized carbons (Fsp3) is 0.0769. The fourth-order valence-electron chi connectivity index (χ4n) is 1.53. The van der Waals surface area contributed by atoms with Crippen LogP contribution >= 0.6 is 11.6 Å². The smallest absolute Gasteiger partial charge is 0.238 e. The average molecular weight is 298 g/mol. The molecule has 2 aromatic carbocycles. The van der Waals surface area contributed by atoms with Crippen LogP contribution in [0.2, 0.25) is 5.02 Å². The molecule has 2 rings (SSSR count). The highest BCUT2D eigenvalue weighted by atomic mass is 35.5. The summed E-state index contributed by atoms with van der Waals surface area (Å²) in [7, 11) is -3.76. The highest BCUT2D eigenvalue weighted by Gasteiger charge is 2.12. The summed E-state index contributed by atoms with van der Waals surface area (Å²) < 4.78 is 28.0. The van der Waals surface area contributed by atoms with E-state index in [0.717, 1.165) is 5.56 Å². The van der Waals surface area contributed by atoms with Crippen LogP contribution in [0.4, 0.5) is 0 Å². The zero-order valence-corrected chi connectivity index (χ0v) is 11.7. The SMILES string of the molecule is Cc1ccccc1Oc1ccc(S(N)(=O)=O)cc1Cl. The van der Waals surface area contributed by atoms with Gasteiger partial charge in [-0.1, -0.05) is 29.8 Å². The van der Waals surface area contributed by atoms with Crippen LogP contribution < -0.4 is 9.88 Å². The Kier molecular flexibility index (Phi) is 3.80. The van der Waals surface area contributed by atoms with E-state index in [0.29, 0.717) is 11.5 Å². The van der Waals surface area contributed by atoms with Gasteiger partial charge in [0.2, 0.25) is 10.0 Å². The summed E-state index contributed by atoms with van der Waals surface area (Å²) in [5.41, 5.74) is 0.953. The van der Waals surface area contributed by atoms with Crippen LogP contribution in [0, 0.1) is 6.92 Å². The van der Waals surface area contributed by atoms with Gasteiger partial charge in [0.1, 0.15) is 11.5 Å². The van der Waals surface area contributed by atoms with Crippen molar-refractivity contribution in [1.82, 2.24) is 0 Å². The maximum absolute atomic E-state index is 11.2. The number of hydrogen-bond donors (Lipinski definition) is 1. The van der Waals surface area contributed by atoms with Crippen LogP contribution in [0.15, 0.2) is 47.4 Å². The normalized spacial score (nSPS) is 11.3. The number of hydrogen-bond acceptors (Lipinski definition) is 3. The van der Waals surface area contributed by atoms with Gasteiger partial charge in [-0.3, -0.25) is 0 Å². The number of para-hydroxylation sites is 1. The van der Waals surface area contributed by atoms with E-state index in [2.05, 4.69) is 0 Å². The van der Waals surface area contributed by atoms with Crippen molar-refractivity contribution in [1.29, 1.82) is 0 Å². The minimum atomic E-state index is -3.76. The third kappa shape index (κ3) is 3.26. The van der Waals surface area contributed by atoms with Crippen molar-refractivity contribution in [3.05, 3.63) is 53.1 Å². The van der Waals surface area contributed by atoms with Crippen molar-refractivity contribution in [3.63, 3.8) is 0 Å². The lowest BCUT2D eigenvalue weighted by atomic mass is 10.2. The predicted octanol–water partition coefficient (Wildman–Crippen LogP) is 3.09. The molecule has 0 unspecified atom stereocenters. The van der Waals surface area contributed by atoms with Gasteiger partial charge in [0.25, 0.3) is 0 Å². The standard InChI is InChI=1S/C13H12ClNO3S/c1-9-4-2-3-5-12(9)18-13-7-6-10(8-11(13)14)19(15,16)17/h2-8H,1H3,(H2,15,16,17). The van der Waals surface area contributed by atoms with Crippen molar-refractivity contribution in [2.75, 3.05) is 0 Å². The van der Waals surface area contributed by atoms with Gasteiger partial charge in [-0.25, -0.2) is 13.6 Å². The predicted molar refractivity (Wildman–Crippen MR) is 74.1 cm³/mol. The number of primary sulfonamides is 1. The topological polar surface area (TPSA) is 69.4 Å². The molecule has 0 bridgehead atoms. The van der Waals surface area contributed by atoms with Crippen molar-refractivity contribution < 1.29 is 13.2 Å². The average Bonchev–Trinajstić information content (AvgIpc) is 2.33. The summed E-state index contributed by atoms with van der Waals surface area (Å²) in [6, 6.07) is 11.6. The van der Waals surface area contributed by atoms with E-state index in [1.165, 1.54) is 18.2 Å². The second-order valence-corrected chi connectivity index (χ2v) is 5.97. The number of sulfonamides is 1. The first kappa shape index (κ1) is 13.9. The monoisotopic (exact) mass is 297 g/mol. The minimum absolute atomic E-state index is 0.0466. The molecule has 0 aliphatic carbocycles. The highest BCUT2D eigenvalue weighted by Crippen LogP contribution is 2.32. The van der Waals surface area contributed by atoms with Crippen molar-refractivity contribution >= 4 is 21.6 Å². The summed E-state index contributed by atoms with van der Waals surface area (Å²) in [6.07, 6.45) is 0. The summed E-state index contributed by atoms with van der Waals surface area (Å²) in [6.45, 7) is 1.90. The third-order valence-electron chi connectivity index (χ3n) is 2.55. The molecule has 0 spiro atoms. The van der Waals surface area contributed by atoms with Gasteiger partial charge in [0.15, 0.2) is 0 Å². The van der Waals surface area contributed by atoms with Crippen LogP contribution in [0.3, 0.4) is 0 Å². The van der Waals surface area contributed by atoms with Gasteiger partial charge in [0, 0.05) is 0 Å². The Labute approximate surface area is 116 Å². The molecule has 0 aromatic heterocycles. The van der Waals surface area contributed by atoms with Crippen LogP contribution in [-0.4, -0.2) is 8.42 Å². The van der Waals surface area contributed by atoms with Gasteiger partial charge < -0.3 is 4.74 Å². The quantitative estimate of drug-likeness (QED) is 0.946. The van der Waals surface area contributed by atoms with Crippen LogP contribution in [-0.2, 0) is 10.0 Å². The second-order valence-electron chi connectivity index (χ2n) is 4.00. The number of aryl methyl sites for hydroxylation is 1. The van der Waals surface area contributed by atoms with E-state index in [4.69, 9.17) is 21.5 Å². The highest BCUT2D eigenvalue weighted by molar-refractivity contribution is 7.89. The maximum atomic E-state index is 11.2. The minimum Gasteiger partial charge on any atom is -0.456 e. The van der Waals surface area contributed by atoms with Crippen molar-refractivity contribution in [2.45, 2.75) is 11.8 Å². The first-order chi connectivity index (χ1) is 8.88. The Bertz CT molecular complexity index is 714. The lowest BCUT2D eigenvalue weighted by molar-refractivity contribution is 0.478. The van der Waals surface area contributed by atoms with Crippen LogP contribution in [0.1, 0.15) is 5.56 Å². The molecule has 6 heteroatoms. The molecule has 0 radical (unpaired) electrons. The van der Waals surface area contributed by atoms with E-state index in [-0.39, 0.29) is 9.92 Å². The first-order valence-electron chi connectivity index (χ1n) is 5.44. The molecule has 19 heavy (non-hydrogen) atoms. The molecule has 0 saturated carbocycles. The summed E-state index contributed by atoms with van der Waals surface area (Å²) in [5, 5.41) is 5.21. The number of rotatable bonds is 3. The molecule has 4 nitrogen and oxygen atoms in total. The van der Waals surface area contributed by atoms with Gasteiger partial charge in [-0.05, 0) is 36.8 Å². The number of ether oxygens (including phenoxy) is 1. The molecule has 0 fully saturated rings. The molecule has 0 amide bonds. The molecule has 2 aromatic rings. The Hall–Kier alpha value is -1.56. The van der Waals surface area contributed by atoms with E-state index in [1.807, 2.05) is 25.1 Å². The number of benzene rings is 2. The molecule has 0 heterocycles. The second kappa shape index (κ2) is 5.21. The zero-order chi connectivity index (χ0) is 14.0. The Morgan fingerprint density at radius 1 is 1.11 bits per heavy atom. The Morgan fingerprint density at radius 2 is 1.79 bits per heavy atom. The molecular weight excluding hydrogens is 286 g/mol. The van der Waals surface area contributed by atoms with Crippen molar-refractivity contribution in [3.8, 4) is 11.5 Å². The third-order valence-corrected chi connectivity index (χ3v) is 3.75. The lowest BCUT2D eigenvalue weighted by Crippen LogP contribution is -2.11. The van der Waals surface area contributed by atoms with Gasteiger partial charge in [0.05, 0.1) is 9.92 Å². The molecule has 2 N–H and O–H groups in total. The van der Waals surface area contributed by atoms with Crippen LogP contribution in [0.5, 0.6) is 11.5 Å². The molecule has 0 aliphatic rings. The zero-order valence-electron chi connectivity index (χ0n) is 10.1. The maximum Gasteiger partial charge on any atom is 0.238 e. The van der Waals surface area contributed by atoms with E-state index in [1.54, 1.807) is 6.07 Å². The van der Waals surface area contributed by atoms with Gasteiger partial charge in [-0.2, -0.15) is 0 Å². The molecule has 0 saturated heterocycles. The van der Waals surface area contributed by atoms with E-state index in [9.17, 15) is 8.42 Å². The van der Waals surface area contributed by atoms with Gasteiger partial charge in [-0.15, -0.1) is 0 Å². The molecule has 0 aliphatic heterocycles. The van der Waals surface area contributed by atoms with Crippen molar-refractivity contribution in [2.24, 2.45) is 5.14 Å². The largest absolute Gasteiger partial charge is 0.456 e. The Morgan fingerprint density at radius 3 is 2.37 bits per heavy atom. The van der Waals surface area contributed by atoms with Gasteiger partial charge >= 0.3 is 0 Å². The summed E-state index contributed by atoms with van der Waals surface area (Å²) in [5.74, 6) is 1.04. The number of nitrogens with two attached hydrogens (primary N) is 1. The number of halogens is 1. The fourth-order valence-corrected chi connectivity index (χ4v) is 2.35. The Balaban J connectivity index is 2.36. The first-order valence-corrected chi connectivity index (χ1v) is 7.36. The lowest BCUT2D eigenvalue weighted by Gasteiger charge is -2.10.